The van der Waals surface area contributed by atoms with E-state index in [1.54, 1.807) is 11.3 Å². The molecule has 2 unspecified atom stereocenters. The number of rotatable bonds is 5. The maximum absolute atomic E-state index is 4.53. The average molecular weight is 287 g/mol. The molecule has 1 N–H and O–H groups in total. The molecule has 2 aromatic rings. The third-order valence-electron chi connectivity index (χ3n) is 3.93. The molecule has 0 radical (unpaired) electrons. The van der Waals surface area contributed by atoms with Crippen LogP contribution in [-0.2, 0) is 7.05 Å². The summed E-state index contributed by atoms with van der Waals surface area (Å²) >= 11 is 1.79. The van der Waals surface area contributed by atoms with E-state index in [9.17, 15) is 0 Å². The highest BCUT2D eigenvalue weighted by Gasteiger charge is 2.20. The maximum atomic E-state index is 4.53. The summed E-state index contributed by atoms with van der Waals surface area (Å²) in [4.78, 5) is 5.87. The Kier molecular flexibility index (Phi) is 4.33. The fourth-order valence-electron chi connectivity index (χ4n) is 2.76. The summed E-state index contributed by atoms with van der Waals surface area (Å²) in [5.74, 6) is 1.85. The Morgan fingerprint density at radius 1 is 1.50 bits per heavy atom. The molecule has 4 heteroatoms. The first-order valence-electron chi connectivity index (χ1n) is 7.23. The molecule has 2 atom stereocenters. The largest absolute Gasteiger partial charge is 0.336 e. The van der Waals surface area contributed by atoms with Crippen molar-refractivity contribution in [3.8, 4) is 0 Å². The number of nitrogens with zero attached hydrogens (tertiary/aromatic N) is 2. The van der Waals surface area contributed by atoms with E-state index in [4.69, 9.17) is 0 Å². The lowest BCUT2D eigenvalue weighted by atomic mass is 9.94. The van der Waals surface area contributed by atoms with Crippen LogP contribution in [-0.4, -0.2) is 16.1 Å². The molecule has 2 heterocycles. The molecule has 0 bridgehead atoms. The number of nitrogens with one attached hydrogen (secondary N) is 1. The van der Waals surface area contributed by atoms with Crippen LogP contribution in [0.4, 0.5) is 0 Å². The highest BCUT2D eigenvalue weighted by molar-refractivity contribution is 7.10. The van der Waals surface area contributed by atoms with E-state index in [0.717, 1.165) is 18.3 Å². The summed E-state index contributed by atoms with van der Waals surface area (Å²) in [5.41, 5.74) is 0. The van der Waals surface area contributed by atoms with E-state index in [0.29, 0.717) is 0 Å². The van der Waals surface area contributed by atoms with Gasteiger partial charge in [0.2, 0.25) is 0 Å². The molecule has 0 saturated heterocycles. The Labute approximate surface area is 124 Å². The lowest BCUT2D eigenvalue weighted by Crippen LogP contribution is -2.29. The molecular weight excluding hydrogens is 266 g/mol. The normalized spacial score (nSPS) is 20.1. The molecule has 1 aliphatic carbocycles. The minimum absolute atomic E-state index is 0.209. The van der Waals surface area contributed by atoms with Crippen molar-refractivity contribution < 1.29 is 0 Å². The summed E-state index contributed by atoms with van der Waals surface area (Å²) in [6.45, 7) is 1.06. The van der Waals surface area contributed by atoms with E-state index in [-0.39, 0.29) is 6.04 Å². The summed E-state index contributed by atoms with van der Waals surface area (Å²) in [5, 5.41) is 5.86. The van der Waals surface area contributed by atoms with Gasteiger partial charge in [-0.15, -0.1) is 11.3 Å². The predicted molar refractivity (Wildman–Crippen MR) is 83.9 cm³/mol. The zero-order valence-corrected chi connectivity index (χ0v) is 12.6. The summed E-state index contributed by atoms with van der Waals surface area (Å²) < 4.78 is 2.11. The van der Waals surface area contributed by atoms with Gasteiger partial charge in [0.05, 0.1) is 0 Å². The van der Waals surface area contributed by atoms with Gasteiger partial charge in [-0.1, -0.05) is 18.2 Å². The Bertz CT molecular complexity index is 556. The first kappa shape index (κ1) is 13.6. The smallest absolute Gasteiger partial charge is 0.131 e. The van der Waals surface area contributed by atoms with Gasteiger partial charge in [-0.2, -0.15) is 0 Å². The minimum Gasteiger partial charge on any atom is -0.336 e. The van der Waals surface area contributed by atoms with E-state index in [1.165, 1.54) is 24.1 Å². The van der Waals surface area contributed by atoms with Crippen molar-refractivity contribution in [2.45, 2.75) is 25.3 Å². The lowest BCUT2D eigenvalue weighted by Gasteiger charge is -2.23. The van der Waals surface area contributed by atoms with E-state index >= 15 is 0 Å². The van der Waals surface area contributed by atoms with Crippen molar-refractivity contribution in [2.75, 3.05) is 6.54 Å². The van der Waals surface area contributed by atoms with Crippen LogP contribution in [0.3, 0.4) is 0 Å². The first-order valence-corrected chi connectivity index (χ1v) is 8.11. The Morgan fingerprint density at radius 3 is 3.10 bits per heavy atom. The maximum Gasteiger partial charge on any atom is 0.131 e. The van der Waals surface area contributed by atoms with Crippen LogP contribution in [0.15, 0.2) is 42.1 Å². The van der Waals surface area contributed by atoms with E-state index in [2.05, 4.69) is 51.6 Å². The van der Waals surface area contributed by atoms with Gasteiger partial charge < -0.3 is 9.88 Å². The number of thiophene rings is 1. The second kappa shape index (κ2) is 6.37. The fourth-order valence-corrected chi connectivity index (χ4v) is 3.55. The van der Waals surface area contributed by atoms with Crippen molar-refractivity contribution in [1.82, 2.24) is 14.9 Å². The average Bonchev–Trinajstić information content (AvgIpc) is 3.13. The van der Waals surface area contributed by atoms with Crippen LogP contribution < -0.4 is 5.32 Å². The monoisotopic (exact) mass is 287 g/mol. The SMILES string of the molecule is Cn1ccnc1C(NCC1CC=CCC1)c1cccs1. The van der Waals surface area contributed by atoms with Gasteiger partial charge in [-0.3, -0.25) is 0 Å². The Morgan fingerprint density at radius 2 is 2.45 bits per heavy atom. The Balaban J connectivity index is 1.73. The third kappa shape index (κ3) is 3.02. The van der Waals surface area contributed by atoms with Gasteiger partial charge in [-0.25, -0.2) is 4.98 Å². The van der Waals surface area contributed by atoms with Crippen LogP contribution in [0, 0.1) is 5.92 Å². The van der Waals surface area contributed by atoms with Crippen molar-refractivity contribution in [2.24, 2.45) is 13.0 Å². The number of hydrogen-bond donors (Lipinski definition) is 1. The van der Waals surface area contributed by atoms with Crippen molar-refractivity contribution >= 4 is 11.3 Å². The molecule has 0 amide bonds. The lowest BCUT2D eigenvalue weighted by molar-refractivity contribution is 0.417. The summed E-state index contributed by atoms with van der Waals surface area (Å²) in [7, 11) is 2.06. The second-order valence-electron chi connectivity index (χ2n) is 5.40. The number of allylic oxidation sites excluding steroid dienone is 2. The molecule has 0 spiro atoms. The predicted octanol–water partition coefficient (Wildman–Crippen LogP) is 3.52. The van der Waals surface area contributed by atoms with Gasteiger partial charge >= 0.3 is 0 Å². The van der Waals surface area contributed by atoms with Crippen molar-refractivity contribution in [3.63, 3.8) is 0 Å². The van der Waals surface area contributed by atoms with Gasteiger partial charge in [0.1, 0.15) is 11.9 Å². The molecule has 0 aromatic carbocycles. The number of hydrogen-bond acceptors (Lipinski definition) is 3. The number of aryl methyl sites for hydroxylation is 1. The molecule has 20 heavy (non-hydrogen) atoms. The van der Waals surface area contributed by atoms with Crippen molar-refractivity contribution in [3.05, 3.63) is 52.8 Å². The molecule has 0 saturated carbocycles. The molecule has 2 aromatic heterocycles. The Hall–Kier alpha value is -1.39. The molecular formula is C16H21N3S. The molecule has 3 nitrogen and oxygen atoms in total. The first-order chi connectivity index (χ1) is 9.84. The third-order valence-corrected chi connectivity index (χ3v) is 4.87. The van der Waals surface area contributed by atoms with Gasteiger partial charge in [0.15, 0.2) is 0 Å². The fraction of sp³-hybridized carbons (Fsp3) is 0.438. The van der Waals surface area contributed by atoms with E-state index in [1.807, 2.05) is 12.4 Å². The topological polar surface area (TPSA) is 29.9 Å². The van der Waals surface area contributed by atoms with E-state index < -0.39 is 0 Å². The van der Waals surface area contributed by atoms with Crippen LogP contribution >= 0.6 is 11.3 Å². The quantitative estimate of drug-likeness (QED) is 0.853. The van der Waals surface area contributed by atoms with Crippen LogP contribution in [0.1, 0.15) is 36.0 Å². The highest BCUT2D eigenvalue weighted by Crippen LogP contribution is 2.26. The zero-order chi connectivity index (χ0) is 13.8. The molecule has 3 rings (SSSR count). The number of imidazole rings is 1. The molecule has 1 aliphatic rings. The van der Waals surface area contributed by atoms with Crippen LogP contribution in [0.25, 0.3) is 0 Å². The molecule has 0 aliphatic heterocycles. The number of aromatic nitrogens is 2. The summed E-state index contributed by atoms with van der Waals surface area (Å²) in [6.07, 6.45) is 12.2. The van der Waals surface area contributed by atoms with Gasteiger partial charge in [-0.05, 0) is 43.2 Å². The minimum atomic E-state index is 0.209. The van der Waals surface area contributed by atoms with Crippen LogP contribution in [0.2, 0.25) is 0 Å². The van der Waals surface area contributed by atoms with Crippen molar-refractivity contribution in [1.29, 1.82) is 0 Å². The summed E-state index contributed by atoms with van der Waals surface area (Å²) in [6, 6.07) is 4.51. The van der Waals surface area contributed by atoms with Gasteiger partial charge in [0, 0.05) is 24.3 Å². The van der Waals surface area contributed by atoms with Gasteiger partial charge in [0.25, 0.3) is 0 Å². The highest BCUT2D eigenvalue weighted by atomic mass is 32.1. The molecule has 0 fully saturated rings. The second-order valence-corrected chi connectivity index (χ2v) is 6.38. The molecule has 106 valence electrons. The zero-order valence-electron chi connectivity index (χ0n) is 11.8. The van der Waals surface area contributed by atoms with Crippen LogP contribution in [0.5, 0.6) is 0 Å². The standard InChI is InChI=1S/C16H21N3S/c1-19-10-9-17-16(19)15(14-8-5-11-20-14)18-12-13-6-3-2-4-7-13/h2-3,5,8-11,13,15,18H,4,6-7,12H2,1H3.